The average molecular weight is 390 g/mol. The van der Waals surface area contributed by atoms with Crippen LogP contribution in [0.2, 0.25) is 0 Å². The predicted molar refractivity (Wildman–Crippen MR) is 97.4 cm³/mol. The van der Waals surface area contributed by atoms with Crippen LogP contribution in [0.3, 0.4) is 0 Å². The Hall–Kier alpha value is -2.68. The van der Waals surface area contributed by atoms with Crippen molar-refractivity contribution in [2.45, 2.75) is 30.4 Å². The van der Waals surface area contributed by atoms with Crippen LogP contribution in [0.15, 0.2) is 46.6 Å². The first kappa shape index (κ1) is 19.1. The van der Waals surface area contributed by atoms with Crippen molar-refractivity contribution < 1.29 is 18.4 Å². The van der Waals surface area contributed by atoms with Gasteiger partial charge in [-0.3, -0.25) is 9.69 Å². The summed E-state index contributed by atoms with van der Waals surface area (Å²) >= 11 is 1.22. The van der Waals surface area contributed by atoms with Gasteiger partial charge in [0, 0.05) is 24.8 Å². The Morgan fingerprint density at radius 1 is 1.37 bits per heavy atom. The number of hydrogen-bond acceptors (Lipinski definition) is 6. The zero-order valence-corrected chi connectivity index (χ0v) is 15.5. The summed E-state index contributed by atoms with van der Waals surface area (Å²) in [6.45, 7) is 5.46. The molecule has 1 fully saturated rings. The summed E-state index contributed by atoms with van der Waals surface area (Å²) in [7, 11) is 0. The molecule has 0 saturated carbocycles. The lowest BCUT2D eigenvalue weighted by atomic mass is 9.93. The van der Waals surface area contributed by atoms with Gasteiger partial charge in [0.15, 0.2) is 0 Å². The molecule has 3 amide bonds. The number of hydrogen-bond donors (Lipinski definition) is 1. The van der Waals surface area contributed by atoms with Gasteiger partial charge < -0.3 is 9.73 Å². The number of rotatable bonds is 7. The molecule has 3 rings (SSSR count). The normalized spacial score (nSPS) is 19.9. The number of amides is 3. The van der Waals surface area contributed by atoms with Gasteiger partial charge in [-0.25, -0.2) is 9.18 Å². The van der Waals surface area contributed by atoms with E-state index < -0.39 is 11.9 Å². The Labute approximate surface area is 160 Å². The summed E-state index contributed by atoms with van der Waals surface area (Å²) < 4.78 is 19.2. The Morgan fingerprint density at radius 3 is 2.89 bits per heavy atom. The van der Waals surface area contributed by atoms with E-state index in [9.17, 15) is 14.0 Å². The van der Waals surface area contributed by atoms with Gasteiger partial charge in [-0.2, -0.15) is 0 Å². The molecule has 1 aromatic carbocycles. The van der Waals surface area contributed by atoms with Crippen molar-refractivity contribution in [2.75, 3.05) is 6.54 Å². The molecule has 2 heterocycles. The molecule has 1 aliphatic heterocycles. The molecule has 1 N–H and O–H groups in total. The zero-order chi connectivity index (χ0) is 19.4. The van der Waals surface area contributed by atoms with E-state index in [1.165, 1.54) is 23.9 Å². The summed E-state index contributed by atoms with van der Waals surface area (Å²) in [6.07, 6.45) is 1.70. The van der Waals surface area contributed by atoms with Crippen LogP contribution in [0.5, 0.6) is 0 Å². The fourth-order valence-electron chi connectivity index (χ4n) is 2.78. The molecule has 1 saturated heterocycles. The van der Waals surface area contributed by atoms with Crippen molar-refractivity contribution in [3.8, 4) is 0 Å². The minimum atomic E-state index is -0.507. The topological polar surface area (TPSA) is 88.3 Å². The third-order valence-corrected chi connectivity index (χ3v) is 5.11. The third-order valence-electron chi connectivity index (χ3n) is 4.25. The molecule has 1 aliphatic rings. The molecule has 0 aliphatic carbocycles. The van der Waals surface area contributed by atoms with Gasteiger partial charge in [-0.1, -0.05) is 36.0 Å². The molecule has 7 nitrogen and oxygen atoms in total. The van der Waals surface area contributed by atoms with Gasteiger partial charge in [-0.05, 0) is 18.6 Å². The first-order valence-corrected chi connectivity index (χ1v) is 9.39. The molecular formula is C18H19FN4O3S. The highest BCUT2D eigenvalue weighted by Gasteiger charge is 2.39. The minimum absolute atomic E-state index is 0.140. The van der Waals surface area contributed by atoms with Crippen molar-refractivity contribution in [3.05, 3.63) is 54.2 Å². The highest BCUT2D eigenvalue weighted by molar-refractivity contribution is 7.98. The van der Waals surface area contributed by atoms with Crippen molar-refractivity contribution in [2.24, 2.45) is 5.92 Å². The lowest BCUT2D eigenvalue weighted by Crippen LogP contribution is -2.59. The fourth-order valence-corrected chi connectivity index (χ4v) is 3.54. The number of carbonyl (C=O) groups is 2. The molecule has 0 bridgehead atoms. The number of aromatic nitrogens is 2. The number of benzene rings is 1. The smallest absolute Gasteiger partial charge is 0.324 e. The van der Waals surface area contributed by atoms with E-state index in [1.807, 2.05) is 0 Å². The Morgan fingerprint density at radius 2 is 2.15 bits per heavy atom. The van der Waals surface area contributed by atoms with Crippen LogP contribution in [0, 0.1) is 11.7 Å². The van der Waals surface area contributed by atoms with Crippen LogP contribution in [-0.2, 0) is 17.0 Å². The molecule has 0 spiro atoms. The van der Waals surface area contributed by atoms with Crippen molar-refractivity contribution in [3.63, 3.8) is 0 Å². The lowest BCUT2D eigenvalue weighted by molar-refractivity contribution is -0.134. The molecule has 9 heteroatoms. The van der Waals surface area contributed by atoms with Crippen molar-refractivity contribution in [1.29, 1.82) is 0 Å². The van der Waals surface area contributed by atoms with Gasteiger partial charge in [0.1, 0.15) is 5.82 Å². The summed E-state index contributed by atoms with van der Waals surface area (Å²) in [5.74, 6) is -0.441. The average Bonchev–Trinajstić information content (AvgIpc) is 3.09. The van der Waals surface area contributed by atoms with Crippen molar-refractivity contribution in [1.82, 2.24) is 20.4 Å². The fraction of sp³-hybridized carbons (Fsp3) is 0.333. The van der Waals surface area contributed by atoms with Gasteiger partial charge >= 0.3 is 6.03 Å². The van der Waals surface area contributed by atoms with E-state index in [-0.39, 0.29) is 30.7 Å². The van der Waals surface area contributed by atoms with E-state index in [1.54, 1.807) is 25.1 Å². The van der Waals surface area contributed by atoms with Crippen LogP contribution in [0.25, 0.3) is 0 Å². The van der Waals surface area contributed by atoms with E-state index in [0.717, 1.165) is 4.90 Å². The Kier molecular flexibility index (Phi) is 5.90. The number of thioether (sulfide) groups is 1. The predicted octanol–water partition coefficient (Wildman–Crippen LogP) is 2.79. The zero-order valence-electron chi connectivity index (χ0n) is 14.7. The molecule has 1 aromatic heterocycles. The highest BCUT2D eigenvalue weighted by atomic mass is 32.2. The second kappa shape index (κ2) is 8.34. The Bertz CT molecular complexity index is 857. The maximum absolute atomic E-state index is 13.7. The van der Waals surface area contributed by atoms with Crippen LogP contribution in [-0.4, -0.2) is 39.6 Å². The first-order chi connectivity index (χ1) is 13.0. The standard InChI is InChI=1S/C18H19FN4O3S/c1-3-8-23-16(24)13(11(2)20-17(23)25)9-15-21-22-18(26-15)27-10-12-6-4-5-7-14(12)19/h3-7,11,13H,1,8-10H2,2H3,(H,20,25). The maximum Gasteiger partial charge on any atom is 0.324 e. The second-order valence-electron chi connectivity index (χ2n) is 6.13. The second-order valence-corrected chi connectivity index (χ2v) is 7.05. The van der Waals surface area contributed by atoms with E-state index in [0.29, 0.717) is 22.4 Å². The summed E-state index contributed by atoms with van der Waals surface area (Å²) in [4.78, 5) is 25.6. The van der Waals surface area contributed by atoms with Gasteiger partial charge in [0.2, 0.25) is 11.8 Å². The number of imide groups is 1. The van der Waals surface area contributed by atoms with Crippen LogP contribution < -0.4 is 5.32 Å². The van der Waals surface area contributed by atoms with Crippen LogP contribution in [0.1, 0.15) is 18.4 Å². The number of nitrogens with zero attached hydrogens (tertiary/aromatic N) is 3. The van der Waals surface area contributed by atoms with E-state index >= 15 is 0 Å². The highest BCUT2D eigenvalue weighted by Crippen LogP contribution is 2.25. The summed E-state index contributed by atoms with van der Waals surface area (Å²) in [5.41, 5.74) is 0.543. The SMILES string of the molecule is C=CCN1C(=O)NC(C)C(Cc2nnc(SCc3ccccc3F)o2)C1=O. The number of halogens is 1. The summed E-state index contributed by atoms with van der Waals surface area (Å²) in [6, 6.07) is 5.69. The Balaban J connectivity index is 1.64. The molecule has 2 atom stereocenters. The van der Waals surface area contributed by atoms with Gasteiger partial charge in [0.25, 0.3) is 5.22 Å². The van der Waals surface area contributed by atoms with Crippen LogP contribution in [0.4, 0.5) is 9.18 Å². The lowest BCUT2D eigenvalue weighted by Gasteiger charge is -2.34. The van der Waals surface area contributed by atoms with Crippen LogP contribution >= 0.6 is 11.8 Å². The van der Waals surface area contributed by atoms with Gasteiger partial charge in [-0.15, -0.1) is 16.8 Å². The van der Waals surface area contributed by atoms with E-state index in [2.05, 4.69) is 22.1 Å². The number of nitrogens with one attached hydrogen (secondary N) is 1. The quantitative estimate of drug-likeness (QED) is 0.578. The molecule has 2 aromatic rings. The van der Waals surface area contributed by atoms with Gasteiger partial charge in [0.05, 0.1) is 5.92 Å². The molecule has 142 valence electrons. The molecule has 27 heavy (non-hydrogen) atoms. The van der Waals surface area contributed by atoms with Crippen molar-refractivity contribution >= 4 is 23.7 Å². The molecular weight excluding hydrogens is 371 g/mol. The number of carbonyl (C=O) groups excluding carboxylic acids is 2. The first-order valence-electron chi connectivity index (χ1n) is 8.41. The summed E-state index contributed by atoms with van der Waals surface area (Å²) in [5, 5.41) is 11.0. The maximum atomic E-state index is 13.7. The number of urea groups is 1. The molecule has 0 radical (unpaired) electrons. The third kappa shape index (κ3) is 4.36. The molecule has 2 unspecified atom stereocenters. The minimum Gasteiger partial charge on any atom is -0.416 e. The van der Waals surface area contributed by atoms with E-state index in [4.69, 9.17) is 4.42 Å². The largest absolute Gasteiger partial charge is 0.416 e. The monoisotopic (exact) mass is 390 g/mol.